The third kappa shape index (κ3) is 1.90. The standard InChI is InChI=1S/C10H7BrN4/c1-6-8-4-7(11)2-3-9(8)15-10(14-6)13-5-12/h2-4H,1H3,(H,13,14,15). The molecule has 15 heavy (non-hydrogen) atoms. The zero-order valence-electron chi connectivity index (χ0n) is 7.95. The summed E-state index contributed by atoms with van der Waals surface area (Å²) in [6.07, 6.45) is 1.80. The van der Waals surface area contributed by atoms with Crippen molar-refractivity contribution in [1.82, 2.24) is 9.97 Å². The number of aromatic nitrogens is 2. The summed E-state index contributed by atoms with van der Waals surface area (Å²) >= 11 is 3.39. The summed E-state index contributed by atoms with van der Waals surface area (Å²) in [5, 5.41) is 11.9. The van der Waals surface area contributed by atoms with Gasteiger partial charge in [0.05, 0.1) is 11.2 Å². The molecule has 5 heteroatoms. The van der Waals surface area contributed by atoms with Crippen LogP contribution < -0.4 is 5.32 Å². The van der Waals surface area contributed by atoms with E-state index in [0.29, 0.717) is 5.95 Å². The fourth-order valence-electron chi connectivity index (χ4n) is 1.36. The van der Waals surface area contributed by atoms with Crippen LogP contribution in [0.15, 0.2) is 22.7 Å². The molecule has 1 heterocycles. The molecule has 0 aliphatic heterocycles. The normalized spacial score (nSPS) is 9.93. The van der Waals surface area contributed by atoms with Gasteiger partial charge in [0.25, 0.3) is 0 Å². The van der Waals surface area contributed by atoms with Crippen molar-refractivity contribution in [1.29, 1.82) is 5.26 Å². The SMILES string of the molecule is Cc1nc(NC#N)nc2ccc(Br)cc12. The van der Waals surface area contributed by atoms with E-state index in [-0.39, 0.29) is 0 Å². The third-order valence-electron chi connectivity index (χ3n) is 2.02. The lowest BCUT2D eigenvalue weighted by molar-refractivity contribution is 1.15. The highest BCUT2D eigenvalue weighted by Gasteiger charge is 2.04. The molecule has 1 aromatic heterocycles. The summed E-state index contributed by atoms with van der Waals surface area (Å²) in [6, 6.07) is 5.75. The Balaban J connectivity index is 2.68. The second kappa shape index (κ2) is 3.83. The molecule has 4 nitrogen and oxygen atoms in total. The summed E-state index contributed by atoms with van der Waals surface area (Å²) in [5.74, 6) is 0.338. The Morgan fingerprint density at radius 3 is 2.93 bits per heavy atom. The van der Waals surface area contributed by atoms with Crippen LogP contribution in [0.5, 0.6) is 0 Å². The zero-order chi connectivity index (χ0) is 10.8. The summed E-state index contributed by atoms with van der Waals surface area (Å²) in [5.41, 5.74) is 1.67. The molecule has 0 fully saturated rings. The number of nitriles is 1. The summed E-state index contributed by atoms with van der Waals surface area (Å²) in [4.78, 5) is 8.37. The highest BCUT2D eigenvalue weighted by atomic mass is 79.9. The quantitative estimate of drug-likeness (QED) is 0.634. The van der Waals surface area contributed by atoms with E-state index in [1.165, 1.54) is 0 Å². The molecule has 0 aliphatic rings. The van der Waals surface area contributed by atoms with Gasteiger partial charge in [-0.25, -0.2) is 9.97 Å². The van der Waals surface area contributed by atoms with Crippen LogP contribution in [0.1, 0.15) is 5.69 Å². The Bertz CT molecular complexity index is 559. The first-order valence-electron chi connectivity index (χ1n) is 4.30. The molecule has 0 bridgehead atoms. The fraction of sp³-hybridized carbons (Fsp3) is 0.100. The van der Waals surface area contributed by atoms with Gasteiger partial charge in [-0.2, -0.15) is 5.26 Å². The summed E-state index contributed by atoms with van der Waals surface area (Å²) in [7, 11) is 0. The van der Waals surface area contributed by atoms with Crippen LogP contribution in [-0.4, -0.2) is 9.97 Å². The van der Waals surface area contributed by atoms with E-state index in [4.69, 9.17) is 5.26 Å². The first-order chi connectivity index (χ1) is 7.20. The Morgan fingerprint density at radius 2 is 2.20 bits per heavy atom. The van der Waals surface area contributed by atoms with Gasteiger partial charge in [-0.1, -0.05) is 15.9 Å². The zero-order valence-corrected chi connectivity index (χ0v) is 9.54. The number of rotatable bonds is 1. The monoisotopic (exact) mass is 262 g/mol. The molecular formula is C10H7BrN4. The van der Waals surface area contributed by atoms with Gasteiger partial charge in [0, 0.05) is 9.86 Å². The number of nitrogens with one attached hydrogen (secondary N) is 1. The maximum Gasteiger partial charge on any atom is 0.236 e. The molecule has 0 unspecified atom stereocenters. The molecule has 0 aliphatic carbocycles. The van der Waals surface area contributed by atoms with E-state index in [1.807, 2.05) is 25.1 Å². The molecule has 0 saturated carbocycles. The van der Waals surface area contributed by atoms with Crippen LogP contribution in [0.4, 0.5) is 5.95 Å². The molecular weight excluding hydrogens is 256 g/mol. The van der Waals surface area contributed by atoms with Crippen molar-refractivity contribution in [2.24, 2.45) is 0 Å². The summed E-state index contributed by atoms with van der Waals surface area (Å²) in [6.45, 7) is 1.89. The Morgan fingerprint density at radius 1 is 1.40 bits per heavy atom. The predicted molar refractivity (Wildman–Crippen MR) is 61.2 cm³/mol. The van der Waals surface area contributed by atoms with Gasteiger partial charge in [-0.15, -0.1) is 0 Å². The second-order valence-corrected chi connectivity index (χ2v) is 3.95. The van der Waals surface area contributed by atoms with Crippen LogP contribution in [0.2, 0.25) is 0 Å². The molecule has 1 N–H and O–H groups in total. The van der Waals surface area contributed by atoms with Crippen molar-refractivity contribution in [2.45, 2.75) is 6.92 Å². The van der Waals surface area contributed by atoms with Gasteiger partial charge >= 0.3 is 0 Å². The first kappa shape index (κ1) is 9.87. The predicted octanol–water partition coefficient (Wildman–Crippen LogP) is 2.59. The highest BCUT2D eigenvalue weighted by Crippen LogP contribution is 2.21. The molecule has 2 rings (SSSR count). The van der Waals surface area contributed by atoms with E-state index < -0.39 is 0 Å². The van der Waals surface area contributed by atoms with Crippen LogP contribution in [0, 0.1) is 18.4 Å². The molecule has 0 spiro atoms. The number of aryl methyl sites for hydroxylation is 1. The van der Waals surface area contributed by atoms with Crippen LogP contribution in [-0.2, 0) is 0 Å². The van der Waals surface area contributed by atoms with Crippen molar-refractivity contribution in [3.8, 4) is 6.19 Å². The second-order valence-electron chi connectivity index (χ2n) is 3.03. The smallest absolute Gasteiger partial charge is 0.236 e. The van der Waals surface area contributed by atoms with Crippen LogP contribution >= 0.6 is 15.9 Å². The molecule has 1 aromatic carbocycles. The Labute approximate surface area is 95.1 Å². The largest absolute Gasteiger partial charge is 0.261 e. The van der Waals surface area contributed by atoms with Gasteiger partial charge in [0.2, 0.25) is 5.95 Å². The average molecular weight is 263 g/mol. The van der Waals surface area contributed by atoms with Crippen molar-refractivity contribution < 1.29 is 0 Å². The minimum absolute atomic E-state index is 0.338. The van der Waals surface area contributed by atoms with Crippen LogP contribution in [0.25, 0.3) is 10.9 Å². The Hall–Kier alpha value is -1.67. The van der Waals surface area contributed by atoms with Crippen molar-refractivity contribution in [3.63, 3.8) is 0 Å². The van der Waals surface area contributed by atoms with E-state index >= 15 is 0 Å². The first-order valence-corrected chi connectivity index (χ1v) is 5.09. The van der Waals surface area contributed by atoms with Gasteiger partial charge in [-0.05, 0) is 25.1 Å². The highest BCUT2D eigenvalue weighted by molar-refractivity contribution is 9.10. The number of nitrogens with zero attached hydrogens (tertiary/aromatic N) is 3. The van der Waals surface area contributed by atoms with Crippen molar-refractivity contribution >= 4 is 32.8 Å². The van der Waals surface area contributed by atoms with Gasteiger partial charge < -0.3 is 0 Å². The van der Waals surface area contributed by atoms with Gasteiger partial charge in [0.15, 0.2) is 6.19 Å². The number of anilines is 1. The topological polar surface area (TPSA) is 61.6 Å². The lowest BCUT2D eigenvalue weighted by atomic mass is 10.2. The molecule has 0 atom stereocenters. The average Bonchev–Trinajstić information content (AvgIpc) is 2.20. The number of benzene rings is 1. The lowest BCUT2D eigenvalue weighted by Gasteiger charge is -2.03. The lowest BCUT2D eigenvalue weighted by Crippen LogP contribution is -1.98. The molecule has 0 saturated heterocycles. The minimum Gasteiger partial charge on any atom is -0.261 e. The van der Waals surface area contributed by atoms with Crippen molar-refractivity contribution in [2.75, 3.05) is 5.32 Å². The molecule has 2 aromatic rings. The maximum absolute atomic E-state index is 8.48. The van der Waals surface area contributed by atoms with Crippen LogP contribution in [0.3, 0.4) is 0 Å². The number of hydrogen-bond acceptors (Lipinski definition) is 4. The van der Waals surface area contributed by atoms with Crippen molar-refractivity contribution in [3.05, 3.63) is 28.4 Å². The van der Waals surface area contributed by atoms with E-state index in [2.05, 4.69) is 31.2 Å². The molecule has 0 amide bonds. The minimum atomic E-state index is 0.338. The Kier molecular flexibility index (Phi) is 2.52. The van der Waals surface area contributed by atoms with Gasteiger partial charge in [-0.3, -0.25) is 5.32 Å². The number of hydrogen-bond donors (Lipinski definition) is 1. The van der Waals surface area contributed by atoms with E-state index in [0.717, 1.165) is 21.1 Å². The van der Waals surface area contributed by atoms with E-state index in [1.54, 1.807) is 6.19 Å². The van der Waals surface area contributed by atoms with Gasteiger partial charge in [0.1, 0.15) is 0 Å². The molecule has 0 radical (unpaired) electrons. The number of fused-ring (bicyclic) bond motifs is 1. The molecule has 74 valence electrons. The summed E-state index contributed by atoms with van der Waals surface area (Å²) < 4.78 is 0.989. The maximum atomic E-state index is 8.48. The number of halogens is 1. The third-order valence-corrected chi connectivity index (χ3v) is 2.51. The van der Waals surface area contributed by atoms with E-state index in [9.17, 15) is 0 Å². The fourth-order valence-corrected chi connectivity index (χ4v) is 1.72.